The summed E-state index contributed by atoms with van der Waals surface area (Å²) in [6, 6.07) is 9.21. The summed E-state index contributed by atoms with van der Waals surface area (Å²) in [4.78, 5) is 4.68. The number of rotatable bonds is 5. The topological polar surface area (TPSA) is 36.4 Å². The predicted octanol–water partition coefficient (Wildman–Crippen LogP) is 3.27. The molecular formula is C16H22BrN3. The number of hydrogen-bond donors (Lipinski definition) is 2. The van der Waals surface area contributed by atoms with Gasteiger partial charge in [0.1, 0.15) is 0 Å². The van der Waals surface area contributed by atoms with Crippen molar-refractivity contribution in [1.82, 2.24) is 10.6 Å². The number of benzene rings is 1. The van der Waals surface area contributed by atoms with E-state index in [1.807, 2.05) is 0 Å². The summed E-state index contributed by atoms with van der Waals surface area (Å²) >= 11 is 3.49. The largest absolute Gasteiger partial charge is 0.357 e. The molecule has 2 unspecified atom stereocenters. The van der Waals surface area contributed by atoms with E-state index in [2.05, 4.69) is 62.7 Å². The zero-order valence-corrected chi connectivity index (χ0v) is 13.5. The average molecular weight is 336 g/mol. The molecule has 4 heteroatoms. The van der Waals surface area contributed by atoms with Gasteiger partial charge in [-0.05, 0) is 49.8 Å². The highest BCUT2D eigenvalue weighted by atomic mass is 79.9. The highest BCUT2D eigenvalue weighted by molar-refractivity contribution is 9.10. The minimum Gasteiger partial charge on any atom is -0.357 e. The second-order valence-electron chi connectivity index (χ2n) is 5.81. The van der Waals surface area contributed by atoms with Crippen LogP contribution in [0.15, 0.2) is 33.7 Å². The minimum absolute atomic E-state index is 0.535. The molecule has 3 nitrogen and oxygen atoms in total. The average Bonchev–Trinajstić information content (AvgIpc) is 3.33. The highest BCUT2D eigenvalue weighted by Crippen LogP contribution is 2.41. The van der Waals surface area contributed by atoms with Crippen LogP contribution in [0, 0.1) is 5.92 Å². The number of halogens is 1. The Bertz CT molecular complexity index is 479. The predicted molar refractivity (Wildman–Crippen MR) is 87.1 cm³/mol. The van der Waals surface area contributed by atoms with Gasteiger partial charge in [0.05, 0.1) is 0 Å². The third-order valence-corrected chi connectivity index (χ3v) is 4.49. The molecule has 0 aliphatic heterocycles. The molecule has 0 saturated heterocycles. The van der Waals surface area contributed by atoms with Crippen LogP contribution in [-0.4, -0.2) is 25.1 Å². The number of nitrogens with one attached hydrogen (secondary N) is 2. The molecule has 2 aliphatic carbocycles. The van der Waals surface area contributed by atoms with E-state index in [1.54, 1.807) is 0 Å². The van der Waals surface area contributed by atoms with E-state index in [1.165, 1.54) is 24.8 Å². The smallest absolute Gasteiger partial charge is 0.191 e. The van der Waals surface area contributed by atoms with Crippen molar-refractivity contribution < 1.29 is 0 Å². The number of aliphatic imine (C=N–C) groups is 1. The van der Waals surface area contributed by atoms with Crippen LogP contribution in [0.5, 0.6) is 0 Å². The van der Waals surface area contributed by atoms with Gasteiger partial charge in [0.2, 0.25) is 0 Å². The van der Waals surface area contributed by atoms with Crippen LogP contribution in [0.1, 0.15) is 37.7 Å². The molecule has 2 aliphatic rings. The van der Waals surface area contributed by atoms with Crippen LogP contribution in [0.3, 0.4) is 0 Å². The molecule has 2 saturated carbocycles. The lowest BCUT2D eigenvalue weighted by Gasteiger charge is -2.11. The van der Waals surface area contributed by atoms with Crippen molar-refractivity contribution in [2.45, 2.75) is 38.1 Å². The Labute approximate surface area is 129 Å². The molecule has 108 valence electrons. The molecule has 0 heterocycles. The van der Waals surface area contributed by atoms with Gasteiger partial charge in [0.25, 0.3) is 0 Å². The van der Waals surface area contributed by atoms with Gasteiger partial charge in [0, 0.05) is 29.5 Å². The van der Waals surface area contributed by atoms with Gasteiger partial charge in [-0.25, -0.2) is 0 Å². The Morgan fingerprint density at radius 3 is 2.70 bits per heavy atom. The van der Waals surface area contributed by atoms with Crippen molar-refractivity contribution in [3.05, 3.63) is 34.3 Å². The molecule has 1 aromatic rings. The molecule has 3 rings (SSSR count). The van der Waals surface area contributed by atoms with Crippen LogP contribution in [-0.2, 0) is 0 Å². The van der Waals surface area contributed by atoms with Crippen LogP contribution in [0.25, 0.3) is 0 Å². The lowest BCUT2D eigenvalue weighted by molar-refractivity contribution is 0.772. The Kier molecular flexibility index (Phi) is 4.29. The third kappa shape index (κ3) is 3.75. The van der Waals surface area contributed by atoms with Gasteiger partial charge in [-0.3, -0.25) is 4.99 Å². The maximum Gasteiger partial charge on any atom is 0.191 e. The first kappa shape index (κ1) is 13.9. The maximum atomic E-state index is 4.68. The molecule has 0 aromatic heterocycles. The summed E-state index contributed by atoms with van der Waals surface area (Å²) in [6.45, 7) is 4.02. The number of nitrogens with zero attached hydrogens (tertiary/aromatic N) is 1. The quantitative estimate of drug-likeness (QED) is 0.640. The fraction of sp³-hybridized carbons (Fsp3) is 0.562. The van der Waals surface area contributed by atoms with E-state index < -0.39 is 0 Å². The summed E-state index contributed by atoms with van der Waals surface area (Å²) in [7, 11) is 0. The Hall–Kier alpha value is -1.03. The first-order valence-corrected chi connectivity index (χ1v) is 8.36. The number of guanidine groups is 1. The maximum absolute atomic E-state index is 4.68. The van der Waals surface area contributed by atoms with Crippen molar-refractivity contribution in [3.63, 3.8) is 0 Å². The summed E-state index contributed by atoms with van der Waals surface area (Å²) in [5.74, 6) is 2.46. The van der Waals surface area contributed by atoms with Crippen molar-refractivity contribution in [1.29, 1.82) is 0 Å². The van der Waals surface area contributed by atoms with E-state index in [0.29, 0.717) is 12.0 Å². The monoisotopic (exact) mass is 335 g/mol. The minimum atomic E-state index is 0.535. The summed E-state index contributed by atoms with van der Waals surface area (Å²) in [5.41, 5.74) is 1.42. The second kappa shape index (κ2) is 6.17. The van der Waals surface area contributed by atoms with E-state index in [9.17, 15) is 0 Å². The molecule has 1 aromatic carbocycles. The Morgan fingerprint density at radius 2 is 2.05 bits per heavy atom. The molecule has 2 fully saturated rings. The van der Waals surface area contributed by atoms with E-state index in [0.717, 1.165) is 29.4 Å². The Morgan fingerprint density at radius 1 is 1.30 bits per heavy atom. The molecule has 20 heavy (non-hydrogen) atoms. The van der Waals surface area contributed by atoms with Crippen LogP contribution in [0.4, 0.5) is 0 Å². The van der Waals surface area contributed by atoms with Gasteiger partial charge in [-0.1, -0.05) is 28.1 Å². The molecule has 0 spiro atoms. The van der Waals surface area contributed by atoms with Crippen LogP contribution in [0.2, 0.25) is 0 Å². The third-order valence-electron chi connectivity index (χ3n) is 3.96. The Balaban J connectivity index is 1.54. The van der Waals surface area contributed by atoms with Gasteiger partial charge >= 0.3 is 0 Å². The van der Waals surface area contributed by atoms with Crippen molar-refractivity contribution in [3.8, 4) is 0 Å². The van der Waals surface area contributed by atoms with Crippen LogP contribution >= 0.6 is 15.9 Å². The standard InChI is InChI=1S/C16H22BrN3/c1-2-18-16(19-10-11-3-4-11)20-15-9-14(15)12-5-7-13(17)8-6-12/h5-8,11,14-15H,2-4,9-10H2,1H3,(H2,18,19,20). The van der Waals surface area contributed by atoms with Gasteiger partial charge in [-0.2, -0.15) is 0 Å². The normalized spacial score (nSPS) is 25.4. The zero-order chi connectivity index (χ0) is 13.9. The SMILES string of the molecule is CCNC(=NCC1CC1)NC1CC1c1ccc(Br)cc1. The fourth-order valence-electron chi connectivity index (χ4n) is 2.45. The summed E-state index contributed by atoms with van der Waals surface area (Å²) < 4.78 is 1.14. The molecule has 2 atom stereocenters. The fourth-order valence-corrected chi connectivity index (χ4v) is 2.71. The van der Waals surface area contributed by atoms with Crippen molar-refractivity contribution in [2.75, 3.05) is 13.1 Å². The molecule has 0 bridgehead atoms. The first-order chi connectivity index (χ1) is 9.76. The molecule has 0 amide bonds. The van der Waals surface area contributed by atoms with E-state index in [4.69, 9.17) is 0 Å². The second-order valence-corrected chi connectivity index (χ2v) is 6.72. The van der Waals surface area contributed by atoms with E-state index in [-0.39, 0.29) is 0 Å². The van der Waals surface area contributed by atoms with Crippen LogP contribution < -0.4 is 10.6 Å². The van der Waals surface area contributed by atoms with E-state index >= 15 is 0 Å². The van der Waals surface area contributed by atoms with Gasteiger partial charge < -0.3 is 10.6 Å². The number of hydrogen-bond acceptors (Lipinski definition) is 1. The highest BCUT2D eigenvalue weighted by Gasteiger charge is 2.39. The molecule has 2 N–H and O–H groups in total. The summed E-state index contributed by atoms with van der Waals surface area (Å²) in [6.07, 6.45) is 3.91. The first-order valence-electron chi connectivity index (χ1n) is 7.56. The van der Waals surface area contributed by atoms with Gasteiger partial charge in [0.15, 0.2) is 5.96 Å². The lowest BCUT2D eigenvalue weighted by atomic mass is 10.1. The van der Waals surface area contributed by atoms with Crippen molar-refractivity contribution in [2.24, 2.45) is 10.9 Å². The summed E-state index contributed by atoms with van der Waals surface area (Å²) in [5, 5.41) is 6.91. The van der Waals surface area contributed by atoms with Crippen molar-refractivity contribution >= 4 is 21.9 Å². The molecular weight excluding hydrogens is 314 g/mol. The van der Waals surface area contributed by atoms with Gasteiger partial charge in [-0.15, -0.1) is 0 Å². The zero-order valence-electron chi connectivity index (χ0n) is 11.9. The molecule has 0 radical (unpaired) electrons. The lowest BCUT2D eigenvalue weighted by Crippen LogP contribution is -2.39.